The molecule has 0 heterocycles. The van der Waals surface area contributed by atoms with E-state index in [1.165, 1.54) is 128 Å². The number of allylic oxidation sites excluding steroid dienone is 10. The average molecular weight is 892 g/mol. The highest BCUT2D eigenvalue weighted by molar-refractivity contribution is 7.45. The zero-order chi connectivity index (χ0) is 45.7. The van der Waals surface area contributed by atoms with Gasteiger partial charge in [-0.15, -0.1) is 0 Å². The van der Waals surface area contributed by atoms with E-state index in [4.69, 9.17) is 18.5 Å². The molecule has 0 fully saturated rings. The molecule has 0 aliphatic heterocycles. The summed E-state index contributed by atoms with van der Waals surface area (Å²) in [6.45, 7) is 4.14. The summed E-state index contributed by atoms with van der Waals surface area (Å²) in [5, 5.41) is 0. The Morgan fingerprint density at radius 3 is 1.39 bits per heavy atom. The fraction of sp³-hybridized carbons (Fsp3) is 0.769. The van der Waals surface area contributed by atoms with Crippen molar-refractivity contribution in [1.29, 1.82) is 0 Å². The van der Waals surface area contributed by atoms with Crippen LogP contribution in [-0.2, 0) is 32.7 Å². The third-order valence-corrected chi connectivity index (χ3v) is 11.5. The van der Waals surface area contributed by atoms with Crippen molar-refractivity contribution in [3.05, 3.63) is 60.8 Å². The Labute approximate surface area is 381 Å². The monoisotopic (exact) mass is 892 g/mol. The lowest BCUT2D eigenvalue weighted by atomic mass is 10.0. The molecule has 0 saturated heterocycles. The molecule has 0 N–H and O–H groups in total. The summed E-state index contributed by atoms with van der Waals surface area (Å²) in [7, 11) is 1.13. The molecule has 0 aromatic heterocycles. The van der Waals surface area contributed by atoms with Crippen LogP contribution in [0.4, 0.5) is 0 Å². The molecule has 62 heavy (non-hydrogen) atoms. The number of carbonyl (C=O) groups is 2. The summed E-state index contributed by atoms with van der Waals surface area (Å²) in [6.07, 6.45) is 54.0. The maximum atomic E-state index is 12.7. The van der Waals surface area contributed by atoms with Crippen molar-refractivity contribution in [3.8, 4) is 0 Å². The van der Waals surface area contributed by atoms with E-state index >= 15 is 0 Å². The molecular formula is C52H94NO8P. The minimum Gasteiger partial charge on any atom is -0.756 e. The van der Waals surface area contributed by atoms with Crippen LogP contribution < -0.4 is 4.89 Å². The first-order valence-corrected chi connectivity index (χ1v) is 26.5. The highest BCUT2D eigenvalue weighted by Crippen LogP contribution is 2.38. The van der Waals surface area contributed by atoms with E-state index in [9.17, 15) is 19.0 Å². The van der Waals surface area contributed by atoms with Crippen LogP contribution in [0.1, 0.15) is 206 Å². The number of ether oxygens (including phenoxy) is 2. The van der Waals surface area contributed by atoms with Gasteiger partial charge in [-0.1, -0.05) is 177 Å². The maximum Gasteiger partial charge on any atom is 0.306 e. The predicted molar refractivity (Wildman–Crippen MR) is 259 cm³/mol. The van der Waals surface area contributed by atoms with Gasteiger partial charge in [0.05, 0.1) is 27.7 Å². The van der Waals surface area contributed by atoms with Gasteiger partial charge in [-0.25, -0.2) is 0 Å². The number of hydrogen-bond acceptors (Lipinski definition) is 8. The van der Waals surface area contributed by atoms with Crippen LogP contribution in [0.15, 0.2) is 60.8 Å². The molecule has 0 radical (unpaired) electrons. The van der Waals surface area contributed by atoms with Crippen molar-refractivity contribution in [3.63, 3.8) is 0 Å². The molecule has 0 aromatic rings. The molecule has 2 atom stereocenters. The highest BCUT2D eigenvalue weighted by atomic mass is 31.2. The smallest absolute Gasteiger partial charge is 0.306 e. The first kappa shape index (κ1) is 59.7. The minimum atomic E-state index is -4.65. The van der Waals surface area contributed by atoms with E-state index in [-0.39, 0.29) is 26.1 Å². The molecule has 9 nitrogen and oxygen atoms in total. The summed E-state index contributed by atoms with van der Waals surface area (Å²) in [5.41, 5.74) is 0. The standard InChI is InChI=1S/C52H94NO8P/c1-6-8-10-12-14-16-18-20-22-24-25-26-27-29-30-32-34-36-38-40-42-44-51(54)58-48-50(49-60-62(56,57)59-47-46-53(3,4)5)61-52(55)45-43-41-39-37-35-33-31-28-23-21-19-17-15-13-11-9-7-2/h15,17,20-23,31,33,37,39,50H,6-14,16,18-19,24-30,32,34-36,38,40-49H2,1-5H3/b17-15+,22-20+,23-21+,33-31+,39-37+/t50-/m1/s1. The number of phosphoric acid groups is 1. The fourth-order valence-corrected chi connectivity index (χ4v) is 7.31. The van der Waals surface area contributed by atoms with Crippen LogP contribution in [0.2, 0.25) is 0 Å². The summed E-state index contributed by atoms with van der Waals surface area (Å²) >= 11 is 0. The lowest BCUT2D eigenvalue weighted by Gasteiger charge is -2.28. The van der Waals surface area contributed by atoms with E-state index in [0.29, 0.717) is 23.9 Å². The van der Waals surface area contributed by atoms with Crippen molar-refractivity contribution in [2.75, 3.05) is 47.5 Å². The van der Waals surface area contributed by atoms with Gasteiger partial charge in [-0.05, 0) is 77.0 Å². The third kappa shape index (κ3) is 47.2. The molecule has 10 heteroatoms. The number of likely N-dealkylation sites (N-methyl/N-ethyl adjacent to an activating group) is 1. The van der Waals surface area contributed by atoms with Gasteiger partial charge in [-0.2, -0.15) is 0 Å². The van der Waals surface area contributed by atoms with E-state index in [0.717, 1.165) is 38.5 Å². The Kier molecular flexibility index (Phi) is 42.3. The van der Waals surface area contributed by atoms with Gasteiger partial charge in [0.2, 0.25) is 0 Å². The summed E-state index contributed by atoms with van der Waals surface area (Å²) in [5.74, 6) is -0.900. The van der Waals surface area contributed by atoms with Crippen LogP contribution in [0.5, 0.6) is 0 Å². The lowest BCUT2D eigenvalue weighted by Crippen LogP contribution is -2.37. The molecule has 0 bridgehead atoms. The Hall–Kier alpha value is -2.29. The van der Waals surface area contributed by atoms with Gasteiger partial charge in [0.15, 0.2) is 6.10 Å². The van der Waals surface area contributed by atoms with Gasteiger partial charge < -0.3 is 27.9 Å². The van der Waals surface area contributed by atoms with Gasteiger partial charge in [0, 0.05) is 12.8 Å². The Morgan fingerprint density at radius 1 is 0.500 bits per heavy atom. The Morgan fingerprint density at radius 2 is 0.887 bits per heavy atom. The van der Waals surface area contributed by atoms with Gasteiger partial charge in [0.25, 0.3) is 7.82 Å². The molecule has 0 aromatic carbocycles. The van der Waals surface area contributed by atoms with Crippen LogP contribution in [0, 0.1) is 0 Å². The van der Waals surface area contributed by atoms with Crippen molar-refractivity contribution in [1.82, 2.24) is 0 Å². The largest absolute Gasteiger partial charge is 0.756 e. The second-order valence-corrected chi connectivity index (χ2v) is 19.2. The lowest BCUT2D eigenvalue weighted by molar-refractivity contribution is -0.870. The molecular weight excluding hydrogens is 798 g/mol. The average Bonchev–Trinajstić information content (AvgIpc) is 3.23. The third-order valence-electron chi connectivity index (χ3n) is 10.5. The number of carbonyl (C=O) groups excluding carboxylic acids is 2. The van der Waals surface area contributed by atoms with Crippen molar-refractivity contribution in [2.24, 2.45) is 0 Å². The van der Waals surface area contributed by atoms with Crippen molar-refractivity contribution in [2.45, 2.75) is 213 Å². The molecule has 0 aliphatic carbocycles. The topological polar surface area (TPSA) is 111 Å². The number of unbranched alkanes of at least 4 members (excludes halogenated alkanes) is 21. The number of hydrogen-bond donors (Lipinski definition) is 0. The normalized spacial score (nSPS) is 14.0. The summed E-state index contributed by atoms with van der Waals surface area (Å²) < 4.78 is 33.9. The molecule has 1 unspecified atom stereocenters. The van der Waals surface area contributed by atoms with Crippen molar-refractivity contribution < 1.29 is 42.1 Å². The predicted octanol–water partition coefficient (Wildman–Crippen LogP) is 14.2. The summed E-state index contributed by atoms with van der Waals surface area (Å²) in [6, 6.07) is 0. The van der Waals surface area contributed by atoms with Crippen molar-refractivity contribution >= 4 is 19.8 Å². The van der Waals surface area contributed by atoms with Gasteiger partial charge >= 0.3 is 11.9 Å². The maximum absolute atomic E-state index is 12.7. The molecule has 0 aliphatic rings. The van der Waals surface area contributed by atoms with E-state index in [1.807, 2.05) is 27.2 Å². The SMILES string of the molecule is CCCCC/C=C/C/C=C/C/C=C/C/C=C/CCCC(=O)O[C@H](COC(=O)CCCCCCCCCCCCC/C=C/CCCCCCCC)COP(=O)([O-])OCC[N+](C)(C)C. The molecule has 360 valence electrons. The van der Waals surface area contributed by atoms with E-state index in [2.05, 4.69) is 68.5 Å². The van der Waals surface area contributed by atoms with Gasteiger partial charge in [-0.3, -0.25) is 14.2 Å². The highest BCUT2D eigenvalue weighted by Gasteiger charge is 2.21. The summed E-state index contributed by atoms with van der Waals surface area (Å²) in [4.78, 5) is 37.6. The van der Waals surface area contributed by atoms with Gasteiger partial charge in [0.1, 0.15) is 19.8 Å². The van der Waals surface area contributed by atoms with E-state index < -0.39 is 32.5 Å². The number of phosphoric ester groups is 1. The van der Waals surface area contributed by atoms with Crippen LogP contribution >= 0.6 is 7.82 Å². The number of rotatable bonds is 45. The molecule has 0 amide bonds. The quantitative estimate of drug-likeness (QED) is 0.0195. The van der Waals surface area contributed by atoms with Crippen LogP contribution in [0.3, 0.4) is 0 Å². The molecule has 0 saturated carbocycles. The number of quaternary nitrogens is 1. The zero-order valence-electron chi connectivity index (χ0n) is 40.6. The Bertz CT molecular complexity index is 1240. The second kappa shape index (κ2) is 43.9. The number of esters is 2. The zero-order valence-corrected chi connectivity index (χ0v) is 41.4. The minimum absolute atomic E-state index is 0.0428. The Balaban J connectivity index is 4.33. The first-order valence-electron chi connectivity index (χ1n) is 25.0. The number of nitrogens with zero attached hydrogens (tertiary/aromatic N) is 1. The molecule has 0 spiro atoms. The second-order valence-electron chi connectivity index (χ2n) is 17.8. The first-order chi connectivity index (χ1) is 30.0. The fourth-order valence-electron chi connectivity index (χ4n) is 6.58. The van der Waals surface area contributed by atoms with E-state index in [1.54, 1.807) is 0 Å². The van der Waals surface area contributed by atoms with Crippen LogP contribution in [0.25, 0.3) is 0 Å². The molecule has 0 rings (SSSR count). The van der Waals surface area contributed by atoms with Crippen LogP contribution in [-0.4, -0.2) is 70.0 Å².